The first-order chi connectivity index (χ1) is 6.99. The summed E-state index contributed by atoms with van der Waals surface area (Å²) in [6, 6.07) is 5.88. The number of aryl methyl sites for hydroxylation is 1. The van der Waals surface area contributed by atoms with Gasteiger partial charge < -0.3 is 9.84 Å². The highest BCUT2D eigenvalue weighted by Crippen LogP contribution is 2.26. The lowest BCUT2D eigenvalue weighted by Crippen LogP contribution is -2.15. The summed E-state index contributed by atoms with van der Waals surface area (Å²) in [7, 11) is 0. The Hall–Kier alpha value is -1.02. The average molecular weight is 208 g/mol. The second-order valence-corrected chi connectivity index (χ2v) is 4.17. The van der Waals surface area contributed by atoms with Crippen LogP contribution in [-0.2, 0) is 12.0 Å². The van der Waals surface area contributed by atoms with Crippen LogP contribution in [-0.4, -0.2) is 11.7 Å². The fraction of sp³-hybridized carbons (Fsp3) is 0.538. The summed E-state index contributed by atoms with van der Waals surface area (Å²) >= 11 is 0. The summed E-state index contributed by atoms with van der Waals surface area (Å²) in [6.07, 6.45) is 0.916. The van der Waals surface area contributed by atoms with Crippen molar-refractivity contribution < 1.29 is 9.84 Å². The van der Waals surface area contributed by atoms with Crippen LogP contribution < -0.4 is 4.74 Å². The van der Waals surface area contributed by atoms with Gasteiger partial charge in [0.15, 0.2) is 0 Å². The zero-order valence-corrected chi connectivity index (χ0v) is 10.0. The molecule has 0 heterocycles. The lowest BCUT2D eigenvalue weighted by Gasteiger charge is -2.20. The number of aliphatic hydroxyl groups is 1. The van der Waals surface area contributed by atoms with Gasteiger partial charge in [-0.15, -0.1) is 0 Å². The Morgan fingerprint density at radius 3 is 2.40 bits per heavy atom. The first kappa shape index (κ1) is 12.1. The molecule has 0 radical (unpaired) electrons. The highest BCUT2D eigenvalue weighted by molar-refractivity contribution is 5.39. The van der Waals surface area contributed by atoms with Crippen molar-refractivity contribution in [3.8, 4) is 5.75 Å². The molecule has 0 spiro atoms. The third-order valence-electron chi connectivity index (χ3n) is 2.45. The molecule has 15 heavy (non-hydrogen) atoms. The van der Waals surface area contributed by atoms with Gasteiger partial charge in [-0.25, -0.2) is 0 Å². The normalized spacial score (nSPS) is 11.5. The van der Waals surface area contributed by atoms with Gasteiger partial charge in [0.05, 0.1) is 12.2 Å². The summed E-state index contributed by atoms with van der Waals surface area (Å²) in [4.78, 5) is 0. The van der Waals surface area contributed by atoms with Crippen molar-refractivity contribution in [2.75, 3.05) is 6.61 Å². The zero-order valence-electron chi connectivity index (χ0n) is 10.0. The smallest absolute Gasteiger partial charge is 0.122 e. The van der Waals surface area contributed by atoms with E-state index in [4.69, 9.17) is 4.74 Å². The molecular weight excluding hydrogens is 188 g/mol. The summed E-state index contributed by atoms with van der Waals surface area (Å²) < 4.78 is 5.51. The summed E-state index contributed by atoms with van der Waals surface area (Å²) in [5.41, 5.74) is 1.30. The molecule has 0 fully saturated rings. The van der Waals surface area contributed by atoms with Crippen molar-refractivity contribution in [2.24, 2.45) is 0 Å². The van der Waals surface area contributed by atoms with Crippen LogP contribution in [0.3, 0.4) is 0 Å². The minimum absolute atomic E-state index is 0.675. The SMILES string of the molecule is CCOc1ccc(C(C)(C)O)cc1CC. The Morgan fingerprint density at radius 2 is 1.93 bits per heavy atom. The molecule has 2 heteroatoms. The van der Waals surface area contributed by atoms with Crippen molar-refractivity contribution in [3.05, 3.63) is 29.3 Å². The second-order valence-electron chi connectivity index (χ2n) is 4.17. The van der Waals surface area contributed by atoms with E-state index in [9.17, 15) is 5.11 Å². The number of rotatable bonds is 4. The van der Waals surface area contributed by atoms with Gasteiger partial charge in [0.1, 0.15) is 5.75 Å². The predicted octanol–water partition coefficient (Wildman–Crippen LogP) is 2.88. The molecule has 2 nitrogen and oxygen atoms in total. The average Bonchev–Trinajstić information content (AvgIpc) is 2.17. The maximum absolute atomic E-state index is 9.89. The van der Waals surface area contributed by atoms with E-state index in [0.29, 0.717) is 6.61 Å². The van der Waals surface area contributed by atoms with Crippen LogP contribution in [0.5, 0.6) is 5.75 Å². The molecule has 0 aliphatic rings. The Bertz CT molecular complexity index is 324. The Morgan fingerprint density at radius 1 is 1.27 bits per heavy atom. The lowest BCUT2D eigenvalue weighted by atomic mass is 9.95. The van der Waals surface area contributed by atoms with Crippen molar-refractivity contribution in [2.45, 2.75) is 39.7 Å². The van der Waals surface area contributed by atoms with Gasteiger partial charge in [0.25, 0.3) is 0 Å². The minimum atomic E-state index is -0.783. The van der Waals surface area contributed by atoms with E-state index >= 15 is 0 Å². The maximum Gasteiger partial charge on any atom is 0.122 e. The molecule has 1 N–H and O–H groups in total. The fourth-order valence-electron chi connectivity index (χ4n) is 1.53. The van der Waals surface area contributed by atoms with Gasteiger partial charge in [-0.05, 0) is 50.5 Å². The molecule has 0 amide bonds. The Kier molecular flexibility index (Phi) is 3.75. The van der Waals surface area contributed by atoms with E-state index < -0.39 is 5.60 Å². The maximum atomic E-state index is 9.89. The number of benzene rings is 1. The van der Waals surface area contributed by atoms with Crippen LogP contribution >= 0.6 is 0 Å². The minimum Gasteiger partial charge on any atom is -0.494 e. The van der Waals surface area contributed by atoms with Crippen LogP contribution in [0.1, 0.15) is 38.8 Å². The molecule has 0 bridgehead atoms. The molecule has 0 aromatic heterocycles. The van der Waals surface area contributed by atoms with Crippen molar-refractivity contribution in [1.29, 1.82) is 0 Å². The summed E-state index contributed by atoms with van der Waals surface area (Å²) in [5, 5.41) is 9.89. The van der Waals surface area contributed by atoms with E-state index in [0.717, 1.165) is 23.3 Å². The first-order valence-electron chi connectivity index (χ1n) is 5.47. The Balaban J connectivity index is 3.08. The summed E-state index contributed by atoms with van der Waals surface area (Å²) in [5.74, 6) is 0.924. The fourth-order valence-corrected chi connectivity index (χ4v) is 1.53. The topological polar surface area (TPSA) is 29.5 Å². The van der Waals surface area contributed by atoms with E-state index in [1.54, 1.807) is 13.8 Å². The van der Waals surface area contributed by atoms with Gasteiger partial charge in [0, 0.05) is 0 Å². The van der Waals surface area contributed by atoms with Gasteiger partial charge in [-0.2, -0.15) is 0 Å². The van der Waals surface area contributed by atoms with Crippen LogP contribution in [0.25, 0.3) is 0 Å². The van der Waals surface area contributed by atoms with Crippen LogP contribution in [0.4, 0.5) is 0 Å². The van der Waals surface area contributed by atoms with Gasteiger partial charge in [-0.1, -0.05) is 13.0 Å². The third kappa shape index (κ3) is 2.96. The zero-order chi connectivity index (χ0) is 11.5. The molecule has 0 atom stereocenters. The highest BCUT2D eigenvalue weighted by Gasteiger charge is 2.17. The number of hydrogen-bond donors (Lipinski definition) is 1. The van der Waals surface area contributed by atoms with Gasteiger partial charge >= 0.3 is 0 Å². The molecule has 1 aromatic rings. The van der Waals surface area contributed by atoms with Crippen LogP contribution in [0, 0.1) is 0 Å². The van der Waals surface area contributed by atoms with Crippen molar-refractivity contribution in [3.63, 3.8) is 0 Å². The Labute approximate surface area is 91.9 Å². The molecule has 0 aliphatic carbocycles. The predicted molar refractivity (Wildman–Crippen MR) is 62.2 cm³/mol. The standard InChI is InChI=1S/C13H20O2/c1-5-10-9-11(13(3,4)14)7-8-12(10)15-6-2/h7-9,14H,5-6H2,1-4H3. The number of ether oxygens (including phenoxy) is 1. The van der Waals surface area contributed by atoms with Gasteiger partial charge in [0.2, 0.25) is 0 Å². The molecule has 1 rings (SSSR count). The van der Waals surface area contributed by atoms with Gasteiger partial charge in [-0.3, -0.25) is 0 Å². The summed E-state index contributed by atoms with van der Waals surface area (Å²) in [6.45, 7) is 8.33. The second kappa shape index (κ2) is 4.67. The first-order valence-corrected chi connectivity index (χ1v) is 5.47. The lowest BCUT2D eigenvalue weighted by molar-refractivity contribution is 0.0784. The quantitative estimate of drug-likeness (QED) is 0.824. The molecule has 0 aliphatic heterocycles. The van der Waals surface area contributed by atoms with E-state index in [1.165, 1.54) is 0 Å². The van der Waals surface area contributed by atoms with Crippen molar-refractivity contribution >= 4 is 0 Å². The number of hydrogen-bond acceptors (Lipinski definition) is 2. The van der Waals surface area contributed by atoms with Crippen molar-refractivity contribution in [1.82, 2.24) is 0 Å². The van der Waals surface area contributed by atoms with Crippen LogP contribution in [0.15, 0.2) is 18.2 Å². The van der Waals surface area contributed by atoms with E-state index in [1.807, 2.05) is 25.1 Å². The van der Waals surface area contributed by atoms with E-state index in [-0.39, 0.29) is 0 Å². The molecule has 84 valence electrons. The molecule has 0 unspecified atom stereocenters. The molecule has 0 saturated heterocycles. The van der Waals surface area contributed by atoms with E-state index in [2.05, 4.69) is 6.92 Å². The molecular formula is C13H20O2. The molecule has 0 saturated carbocycles. The van der Waals surface area contributed by atoms with Crippen LogP contribution in [0.2, 0.25) is 0 Å². The largest absolute Gasteiger partial charge is 0.494 e. The third-order valence-corrected chi connectivity index (χ3v) is 2.45. The highest BCUT2D eigenvalue weighted by atomic mass is 16.5. The monoisotopic (exact) mass is 208 g/mol. The molecule has 1 aromatic carbocycles.